The summed E-state index contributed by atoms with van der Waals surface area (Å²) in [5.74, 6) is 0.357. The van der Waals surface area contributed by atoms with Crippen LogP contribution in [0.1, 0.15) is 31.9 Å². The molecule has 0 atom stereocenters. The largest absolute Gasteiger partial charge is 0.299 e. The molecular weight excluding hydrogens is 332 g/mol. The standard InChI is InChI=1S/C20H22N2O2S/c1-5-10-22-18(24)16-17(21-19(22)25-12-13(2)23)15-9-7-6-8-14(15)11-20(16,3)4/h5-9H,1,10-12H2,2-4H3. The van der Waals surface area contributed by atoms with Gasteiger partial charge in [-0.25, -0.2) is 4.98 Å². The number of nitrogens with zero attached hydrogens (tertiary/aromatic N) is 2. The minimum atomic E-state index is -0.291. The number of hydrogen-bond donors (Lipinski definition) is 0. The van der Waals surface area contributed by atoms with Crippen molar-refractivity contribution in [3.05, 3.63) is 58.4 Å². The van der Waals surface area contributed by atoms with Crippen LogP contribution >= 0.6 is 11.8 Å². The van der Waals surface area contributed by atoms with E-state index < -0.39 is 0 Å². The van der Waals surface area contributed by atoms with Crippen LogP contribution in [0.2, 0.25) is 0 Å². The zero-order chi connectivity index (χ0) is 18.2. The third-order valence-corrected chi connectivity index (χ3v) is 5.55. The van der Waals surface area contributed by atoms with Crippen molar-refractivity contribution in [2.45, 2.75) is 44.3 Å². The quantitative estimate of drug-likeness (QED) is 0.468. The maximum Gasteiger partial charge on any atom is 0.258 e. The molecule has 5 heteroatoms. The van der Waals surface area contributed by atoms with Crippen molar-refractivity contribution in [2.24, 2.45) is 0 Å². The van der Waals surface area contributed by atoms with Crippen LogP contribution in [0.25, 0.3) is 11.3 Å². The monoisotopic (exact) mass is 354 g/mol. The van der Waals surface area contributed by atoms with Crippen molar-refractivity contribution in [1.82, 2.24) is 9.55 Å². The molecule has 0 saturated heterocycles. The van der Waals surface area contributed by atoms with Crippen LogP contribution in [0.4, 0.5) is 0 Å². The van der Waals surface area contributed by atoms with E-state index in [1.54, 1.807) is 17.6 Å². The molecule has 1 heterocycles. The Labute approximate surface area is 152 Å². The van der Waals surface area contributed by atoms with Gasteiger partial charge in [-0.1, -0.05) is 56.0 Å². The van der Waals surface area contributed by atoms with Crippen molar-refractivity contribution in [1.29, 1.82) is 0 Å². The molecule has 0 amide bonds. The van der Waals surface area contributed by atoms with E-state index in [4.69, 9.17) is 4.98 Å². The smallest absolute Gasteiger partial charge is 0.258 e. The molecule has 1 aromatic carbocycles. The maximum absolute atomic E-state index is 13.3. The summed E-state index contributed by atoms with van der Waals surface area (Å²) in [6, 6.07) is 8.11. The minimum Gasteiger partial charge on any atom is -0.299 e. The molecule has 0 bridgehead atoms. The molecular formula is C20H22N2O2S. The lowest BCUT2D eigenvalue weighted by molar-refractivity contribution is -0.114. The van der Waals surface area contributed by atoms with Gasteiger partial charge in [0.15, 0.2) is 5.16 Å². The first-order chi connectivity index (χ1) is 11.8. The van der Waals surface area contributed by atoms with Crippen molar-refractivity contribution in [2.75, 3.05) is 5.75 Å². The van der Waals surface area contributed by atoms with Gasteiger partial charge < -0.3 is 0 Å². The summed E-state index contributed by atoms with van der Waals surface area (Å²) in [5, 5.41) is 0.575. The SMILES string of the molecule is C=CCn1c(SCC(C)=O)nc2c(c1=O)C(C)(C)Cc1ccccc1-2. The molecule has 1 aliphatic carbocycles. The Morgan fingerprint density at radius 1 is 1.40 bits per heavy atom. The third-order valence-electron chi connectivity index (χ3n) is 4.43. The number of Topliss-reactive ketones (excluding diaryl/α,β-unsaturated/α-hetero) is 1. The zero-order valence-corrected chi connectivity index (χ0v) is 15.7. The summed E-state index contributed by atoms with van der Waals surface area (Å²) >= 11 is 1.31. The second-order valence-electron chi connectivity index (χ2n) is 7.03. The Balaban J connectivity index is 2.29. The van der Waals surface area contributed by atoms with E-state index in [0.29, 0.717) is 17.5 Å². The molecule has 2 aromatic rings. The highest BCUT2D eigenvalue weighted by Crippen LogP contribution is 2.40. The van der Waals surface area contributed by atoms with Gasteiger partial charge in [0.1, 0.15) is 5.78 Å². The van der Waals surface area contributed by atoms with Crippen LogP contribution in [-0.2, 0) is 23.2 Å². The van der Waals surface area contributed by atoms with E-state index in [9.17, 15) is 9.59 Å². The highest BCUT2D eigenvalue weighted by Gasteiger charge is 2.35. The highest BCUT2D eigenvalue weighted by atomic mass is 32.2. The number of thioether (sulfide) groups is 1. The molecule has 0 fully saturated rings. The van der Waals surface area contributed by atoms with Crippen LogP contribution in [0.3, 0.4) is 0 Å². The molecule has 0 unspecified atom stereocenters. The summed E-state index contributed by atoms with van der Waals surface area (Å²) in [6.45, 7) is 9.86. The number of allylic oxidation sites excluding steroid dienone is 1. The summed E-state index contributed by atoms with van der Waals surface area (Å²) in [6.07, 6.45) is 2.50. The van der Waals surface area contributed by atoms with E-state index in [2.05, 4.69) is 26.5 Å². The fraction of sp³-hybridized carbons (Fsp3) is 0.350. The average Bonchev–Trinajstić information content (AvgIpc) is 2.54. The van der Waals surface area contributed by atoms with Gasteiger partial charge in [-0.2, -0.15) is 0 Å². The van der Waals surface area contributed by atoms with Gasteiger partial charge in [0.2, 0.25) is 0 Å². The zero-order valence-electron chi connectivity index (χ0n) is 14.8. The van der Waals surface area contributed by atoms with Crippen molar-refractivity contribution in [3.63, 3.8) is 0 Å². The van der Waals surface area contributed by atoms with E-state index in [1.807, 2.05) is 18.2 Å². The highest BCUT2D eigenvalue weighted by molar-refractivity contribution is 7.99. The number of fused-ring (bicyclic) bond motifs is 3. The van der Waals surface area contributed by atoms with Crippen LogP contribution in [0, 0.1) is 0 Å². The maximum atomic E-state index is 13.3. The van der Waals surface area contributed by atoms with Crippen LogP contribution in [0.15, 0.2) is 46.9 Å². The first-order valence-electron chi connectivity index (χ1n) is 8.32. The Morgan fingerprint density at radius 3 is 2.80 bits per heavy atom. The van der Waals surface area contributed by atoms with E-state index in [0.717, 1.165) is 23.2 Å². The minimum absolute atomic E-state index is 0.0320. The Bertz CT molecular complexity index is 912. The van der Waals surface area contributed by atoms with Crippen LogP contribution in [-0.4, -0.2) is 21.1 Å². The Kier molecular flexibility index (Phi) is 4.69. The Hall–Kier alpha value is -2.14. The van der Waals surface area contributed by atoms with Gasteiger partial charge in [0.05, 0.1) is 11.4 Å². The fourth-order valence-corrected chi connectivity index (χ4v) is 4.18. The number of hydrogen-bond acceptors (Lipinski definition) is 4. The van der Waals surface area contributed by atoms with Gasteiger partial charge >= 0.3 is 0 Å². The van der Waals surface area contributed by atoms with Gasteiger partial charge in [-0.05, 0) is 18.9 Å². The Morgan fingerprint density at radius 2 is 2.12 bits per heavy atom. The molecule has 130 valence electrons. The number of carbonyl (C=O) groups excluding carboxylic acids is 1. The number of ketones is 1. The molecule has 3 rings (SSSR count). The normalized spacial score (nSPS) is 14.5. The number of benzene rings is 1. The topological polar surface area (TPSA) is 52.0 Å². The molecule has 4 nitrogen and oxygen atoms in total. The third kappa shape index (κ3) is 3.21. The summed E-state index contributed by atoms with van der Waals surface area (Å²) in [4.78, 5) is 29.5. The van der Waals surface area contributed by atoms with Gasteiger partial charge in [-0.15, -0.1) is 6.58 Å². The predicted octanol–water partition coefficient (Wildman–Crippen LogP) is 3.61. The molecule has 0 spiro atoms. The molecule has 0 aliphatic heterocycles. The second-order valence-corrected chi connectivity index (χ2v) is 7.97. The molecule has 1 aromatic heterocycles. The number of rotatable bonds is 5. The molecule has 0 saturated carbocycles. The summed E-state index contributed by atoms with van der Waals surface area (Å²) < 4.78 is 1.63. The number of carbonyl (C=O) groups is 1. The van der Waals surface area contributed by atoms with Crippen LogP contribution in [0.5, 0.6) is 0 Å². The molecule has 0 N–H and O–H groups in total. The van der Waals surface area contributed by atoms with Crippen molar-refractivity contribution >= 4 is 17.5 Å². The molecule has 25 heavy (non-hydrogen) atoms. The van der Waals surface area contributed by atoms with Crippen molar-refractivity contribution < 1.29 is 4.79 Å². The van der Waals surface area contributed by atoms with Crippen LogP contribution < -0.4 is 5.56 Å². The average molecular weight is 354 g/mol. The van der Waals surface area contributed by atoms with E-state index in [1.165, 1.54) is 17.3 Å². The van der Waals surface area contributed by atoms with Gasteiger partial charge in [-0.3, -0.25) is 14.2 Å². The second kappa shape index (κ2) is 6.64. The lowest BCUT2D eigenvalue weighted by Gasteiger charge is -2.33. The number of aromatic nitrogens is 2. The van der Waals surface area contributed by atoms with E-state index >= 15 is 0 Å². The predicted molar refractivity (Wildman–Crippen MR) is 102 cm³/mol. The van der Waals surface area contributed by atoms with Gasteiger partial charge in [0.25, 0.3) is 5.56 Å². The lowest BCUT2D eigenvalue weighted by Crippen LogP contribution is -2.38. The van der Waals surface area contributed by atoms with E-state index in [-0.39, 0.29) is 16.8 Å². The molecule has 0 radical (unpaired) electrons. The fourth-order valence-electron chi connectivity index (χ4n) is 3.38. The summed E-state index contributed by atoms with van der Waals surface area (Å²) in [5.41, 5.74) is 3.40. The molecule has 1 aliphatic rings. The first-order valence-corrected chi connectivity index (χ1v) is 9.30. The van der Waals surface area contributed by atoms with Crippen molar-refractivity contribution in [3.8, 4) is 11.3 Å². The summed E-state index contributed by atoms with van der Waals surface area (Å²) in [7, 11) is 0. The first kappa shape index (κ1) is 17.7. The van der Waals surface area contributed by atoms with Gasteiger partial charge in [0, 0.05) is 23.1 Å². The lowest BCUT2D eigenvalue weighted by atomic mass is 9.72.